The lowest BCUT2D eigenvalue weighted by Gasteiger charge is -2.17. The van der Waals surface area contributed by atoms with Crippen molar-refractivity contribution in [3.05, 3.63) is 48.3 Å². The average Bonchev–Trinajstić information content (AvgIpc) is 2.90. The molecule has 0 unspecified atom stereocenters. The van der Waals surface area contributed by atoms with Crippen molar-refractivity contribution >= 4 is 20.9 Å². The van der Waals surface area contributed by atoms with E-state index in [2.05, 4.69) is 17.6 Å². The molecule has 0 amide bonds. The van der Waals surface area contributed by atoms with Gasteiger partial charge in [0, 0.05) is 35.8 Å². The SMILES string of the molecule is C=C1CCS(=O)(=O)N1CCc1c[nH]c2ccccc12. The Bertz CT molecular complexity index is 731. The maximum absolute atomic E-state index is 11.9. The molecule has 1 fully saturated rings. The van der Waals surface area contributed by atoms with Crippen molar-refractivity contribution in [1.82, 2.24) is 9.29 Å². The summed E-state index contributed by atoms with van der Waals surface area (Å²) < 4.78 is 25.2. The zero-order chi connectivity index (χ0) is 13.5. The van der Waals surface area contributed by atoms with E-state index in [4.69, 9.17) is 0 Å². The van der Waals surface area contributed by atoms with Crippen LogP contribution in [-0.4, -0.2) is 30.0 Å². The normalized spacial score (nSPS) is 18.3. The van der Waals surface area contributed by atoms with Gasteiger partial charge in [-0.25, -0.2) is 8.42 Å². The van der Waals surface area contributed by atoms with Crippen LogP contribution in [-0.2, 0) is 16.4 Å². The summed E-state index contributed by atoms with van der Waals surface area (Å²) >= 11 is 0. The summed E-state index contributed by atoms with van der Waals surface area (Å²) in [6.07, 6.45) is 3.20. The van der Waals surface area contributed by atoms with Gasteiger partial charge in [0.2, 0.25) is 10.0 Å². The molecule has 0 bridgehead atoms. The Balaban J connectivity index is 1.81. The average molecular weight is 276 g/mol. The number of aromatic nitrogens is 1. The van der Waals surface area contributed by atoms with Gasteiger partial charge in [-0.2, -0.15) is 0 Å². The van der Waals surface area contributed by atoms with E-state index < -0.39 is 10.0 Å². The van der Waals surface area contributed by atoms with E-state index in [1.165, 1.54) is 4.31 Å². The number of hydrogen-bond acceptors (Lipinski definition) is 2. The fourth-order valence-electron chi connectivity index (χ4n) is 2.54. The molecule has 0 spiro atoms. The first-order valence-electron chi connectivity index (χ1n) is 6.31. The van der Waals surface area contributed by atoms with E-state index >= 15 is 0 Å². The number of para-hydroxylation sites is 1. The summed E-state index contributed by atoms with van der Waals surface area (Å²) in [6, 6.07) is 8.04. The van der Waals surface area contributed by atoms with Crippen molar-refractivity contribution in [2.75, 3.05) is 12.3 Å². The number of nitrogens with one attached hydrogen (secondary N) is 1. The number of aromatic amines is 1. The van der Waals surface area contributed by atoms with Gasteiger partial charge in [0.1, 0.15) is 0 Å². The van der Waals surface area contributed by atoms with Crippen LogP contribution >= 0.6 is 0 Å². The van der Waals surface area contributed by atoms with Gasteiger partial charge >= 0.3 is 0 Å². The molecular formula is C14H16N2O2S. The molecule has 1 aromatic heterocycles. The number of fused-ring (bicyclic) bond motifs is 1. The number of sulfonamides is 1. The molecule has 1 aliphatic rings. The molecule has 100 valence electrons. The Morgan fingerprint density at radius 1 is 1.32 bits per heavy atom. The minimum Gasteiger partial charge on any atom is -0.361 e. The highest BCUT2D eigenvalue weighted by atomic mass is 32.2. The van der Waals surface area contributed by atoms with E-state index in [-0.39, 0.29) is 5.75 Å². The van der Waals surface area contributed by atoms with Crippen LogP contribution in [0.1, 0.15) is 12.0 Å². The lowest BCUT2D eigenvalue weighted by atomic mass is 10.1. The van der Waals surface area contributed by atoms with Gasteiger partial charge in [-0.15, -0.1) is 0 Å². The predicted octanol–water partition coefficient (Wildman–Crippen LogP) is 2.26. The van der Waals surface area contributed by atoms with Gasteiger partial charge < -0.3 is 4.98 Å². The summed E-state index contributed by atoms with van der Waals surface area (Å²) in [4.78, 5) is 3.21. The molecule has 1 aliphatic heterocycles. The number of H-pyrrole nitrogens is 1. The number of rotatable bonds is 3. The standard InChI is InChI=1S/C14H16N2O2S/c1-11-7-9-19(17,18)16(11)8-6-12-10-15-14-5-3-2-4-13(12)14/h2-5,10,15H,1,6-9H2. The third-order valence-electron chi connectivity index (χ3n) is 3.60. The molecule has 1 saturated heterocycles. The number of allylic oxidation sites excluding steroid dienone is 1. The van der Waals surface area contributed by atoms with Crippen LogP contribution in [0.4, 0.5) is 0 Å². The van der Waals surface area contributed by atoms with Gasteiger partial charge in [-0.1, -0.05) is 24.8 Å². The molecule has 0 saturated carbocycles. The molecule has 1 N–H and O–H groups in total. The van der Waals surface area contributed by atoms with Gasteiger partial charge in [0.05, 0.1) is 5.75 Å². The third kappa shape index (κ3) is 2.14. The molecule has 0 atom stereocenters. The van der Waals surface area contributed by atoms with Gasteiger partial charge in [-0.05, 0) is 18.1 Å². The van der Waals surface area contributed by atoms with Crippen molar-refractivity contribution in [3.63, 3.8) is 0 Å². The smallest absolute Gasteiger partial charge is 0.235 e. The monoisotopic (exact) mass is 276 g/mol. The molecule has 2 heterocycles. The Morgan fingerprint density at radius 3 is 2.84 bits per heavy atom. The number of benzene rings is 1. The maximum atomic E-state index is 11.9. The van der Waals surface area contributed by atoms with Crippen molar-refractivity contribution in [2.45, 2.75) is 12.8 Å². The Morgan fingerprint density at radius 2 is 2.11 bits per heavy atom. The summed E-state index contributed by atoms with van der Waals surface area (Å²) in [6.45, 7) is 4.31. The van der Waals surface area contributed by atoms with E-state index in [0.29, 0.717) is 25.1 Å². The first-order chi connectivity index (χ1) is 9.08. The van der Waals surface area contributed by atoms with E-state index in [0.717, 1.165) is 16.5 Å². The van der Waals surface area contributed by atoms with Gasteiger partial charge in [0.25, 0.3) is 0 Å². The van der Waals surface area contributed by atoms with Crippen LogP contribution in [0.3, 0.4) is 0 Å². The number of nitrogens with zero attached hydrogens (tertiary/aromatic N) is 1. The maximum Gasteiger partial charge on any atom is 0.235 e. The quantitative estimate of drug-likeness (QED) is 0.935. The minimum absolute atomic E-state index is 0.194. The fourth-order valence-corrected chi connectivity index (χ4v) is 4.10. The van der Waals surface area contributed by atoms with Gasteiger partial charge in [-0.3, -0.25) is 4.31 Å². The first-order valence-corrected chi connectivity index (χ1v) is 7.92. The Labute approximate surface area is 112 Å². The van der Waals surface area contributed by atoms with Gasteiger partial charge in [0.15, 0.2) is 0 Å². The highest BCUT2D eigenvalue weighted by Crippen LogP contribution is 2.25. The minimum atomic E-state index is -3.12. The van der Waals surface area contributed by atoms with Crippen LogP contribution < -0.4 is 0 Å². The summed E-state index contributed by atoms with van der Waals surface area (Å²) in [5.74, 6) is 0.194. The molecule has 1 aromatic carbocycles. The second-order valence-electron chi connectivity index (χ2n) is 4.81. The molecule has 4 nitrogen and oxygen atoms in total. The predicted molar refractivity (Wildman–Crippen MR) is 76.3 cm³/mol. The van der Waals surface area contributed by atoms with Crippen molar-refractivity contribution in [1.29, 1.82) is 0 Å². The zero-order valence-electron chi connectivity index (χ0n) is 10.6. The summed E-state index contributed by atoms with van der Waals surface area (Å²) in [5.41, 5.74) is 2.94. The van der Waals surface area contributed by atoms with Crippen molar-refractivity contribution in [2.24, 2.45) is 0 Å². The summed E-state index contributed by atoms with van der Waals surface area (Å²) in [5, 5.41) is 1.16. The lowest BCUT2D eigenvalue weighted by Crippen LogP contribution is -2.26. The molecule has 2 aromatic rings. The molecule has 5 heteroatoms. The second-order valence-corrected chi connectivity index (χ2v) is 6.83. The van der Waals surface area contributed by atoms with E-state index in [1.807, 2.05) is 24.4 Å². The molecule has 19 heavy (non-hydrogen) atoms. The highest BCUT2D eigenvalue weighted by molar-refractivity contribution is 7.89. The third-order valence-corrected chi connectivity index (χ3v) is 5.43. The first kappa shape index (κ1) is 12.3. The fraction of sp³-hybridized carbons (Fsp3) is 0.286. The molecule has 3 rings (SSSR count). The topological polar surface area (TPSA) is 53.2 Å². The Hall–Kier alpha value is -1.75. The number of hydrogen-bond donors (Lipinski definition) is 1. The van der Waals surface area contributed by atoms with Crippen LogP contribution in [0.15, 0.2) is 42.7 Å². The zero-order valence-corrected chi connectivity index (χ0v) is 11.4. The largest absolute Gasteiger partial charge is 0.361 e. The summed E-state index contributed by atoms with van der Waals surface area (Å²) in [7, 11) is -3.12. The van der Waals surface area contributed by atoms with E-state index in [1.54, 1.807) is 0 Å². The Kier molecular flexibility index (Phi) is 2.86. The van der Waals surface area contributed by atoms with Crippen LogP contribution in [0, 0.1) is 0 Å². The van der Waals surface area contributed by atoms with Crippen molar-refractivity contribution < 1.29 is 8.42 Å². The molecule has 0 radical (unpaired) electrons. The van der Waals surface area contributed by atoms with Crippen molar-refractivity contribution in [3.8, 4) is 0 Å². The van der Waals surface area contributed by atoms with Crippen LogP contribution in [0.25, 0.3) is 10.9 Å². The highest BCUT2D eigenvalue weighted by Gasteiger charge is 2.30. The second kappa shape index (κ2) is 4.42. The van der Waals surface area contributed by atoms with Crippen LogP contribution in [0.5, 0.6) is 0 Å². The lowest BCUT2D eigenvalue weighted by molar-refractivity contribution is 0.497. The van der Waals surface area contributed by atoms with Crippen LogP contribution in [0.2, 0.25) is 0 Å². The molecular weight excluding hydrogens is 260 g/mol. The van der Waals surface area contributed by atoms with E-state index in [9.17, 15) is 8.42 Å². The molecule has 0 aliphatic carbocycles.